The monoisotopic (exact) mass is 152 g/mol. The van der Waals surface area contributed by atoms with Crippen LogP contribution in [0, 0.1) is 0 Å². The average Bonchev–Trinajstić information content (AvgIpc) is 2.58. The van der Waals surface area contributed by atoms with Crippen LogP contribution in [-0.4, -0.2) is 28.1 Å². The lowest BCUT2D eigenvalue weighted by Crippen LogP contribution is -2.29. The van der Waals surface area contributed by atoms with Gasteiger partial charge < -0.3 is 5.32 Å². The minimum atomic E-state index is 0.568. The van der Waals surface area contributed by atoms with Crippen LogP contribution in [0.2, 0.25) is 0 Å². The number of hydrogen-bond acceptors (Lipinski definition) is 3. The van der Waals surface area contributed by atoms with Crippen LogP contribution in [0.4, 0.5) is 0 Å². The molecule has 0 atom stereocenters. The molecule has 4 nitrogen and oxygen atoms in total. The van der Waals surface area contributed by atoms with E-state index in [0.29, 0.717) is 6.04 Å². The molecule has 11 heavy (non-hydrogen) atoms. The van der Waals surface area contributed by atoms with Crippen LogP contribution in [0.5, 0.6) is 0 Å². The third kappa shape index (κ3) is 1.40. The Labute approximate surface area is 65.6 Å². The van der Waals surface area contributed by atoms with Crippen molar-refractivity contribution in [2.75, 3.05) is 13.1 Å². The van der Waals surface area contributed by atoms with Gasteiger partial charge in [0.1, 0.15) is 0 Å². The van der Waals surface area contributed by atoms with E-state index in [4.69, 9.17) is 0 Å². The standard InChI is InChI=1S/C7H12N4/c1-3-8-4-2-7(1)11-6-5-9-10-11/h5-8H,1-4H2. The highest BCUT2D eigenvalue weighted by molar-refractivity contribution is 4.76. The first-order valence-electron chi connectivity index (χ1n) is 4.03. The summed E-state index contributed by atoms with van der Waals surface area (Å²) >= 11 is 0. The van der Waals surface area contributed by atoms with Gasteiger partial charge in [-0.2, -0.15) is 0 Å². The average molecular weight is 152 g/mol. The molecule has 0 aliphatic carbocycles. The third-order valence-corrected chi connectivity index (χ3v) is 2.12. The molecule has 1 aliphatic rings. The molecule has 1 aromatic heterocycles. The molecule has 60 valence electrons. The fourth-order valence-corrected chi connectivity index (χ4v) is 1.48. The maximum atomic E-state index is 3.98. The van der Waals surface area contributed by atoms with Crippen LogP contribution in [0.25, 0.3) is 0 Å². The molecular weight excluding hydrogens is 140 g/mol. The van der Waals surface area contributed by atoms with E-state index < -0.39 is 0 Å². The fourth-order valence-electron chi connectivity index (χ4n) is 1.48. The normalized spacial score (nSPS) is 20.4. The van der Waals surface area contributed by atoms with E-state index in [1.807, 2.05) is 10.9 Å². The maximum absolute atomic E-state index is 3.98. The number of aromatic nitrogens is 3. The maximum Gasteiger partial charge on any atom is 0.0693 e. The van der Waals surface area contributed by atoms with Gasteiger partial charge in [-0.3, -0.25) is 0 Å². The van der Waals surface area contributed by atoms with E-state index in [9.17, 15) is 0 Å². The van der Waals surface area contributed by atoms with Crippen LogP contribution in [0.15, 0.2) is 12.4 Å². The lowest BCUT2D eigenvalue weighted by molar-refractivity contribution is 0.337. The van der Waals surface area contributed by atoms with Crippen molar-refractivity contribution in [3.05, 3.63) is 12.4 Å². The number of nitrogens with zero attached hydrogens (tertiary/aromatic N) is 3. The van der Waals surface area contributed by atoms with Crippen LogP contribution >= 0.6 is 0 Å². The van der Waals surface area contributed by atoms with Crippen molar-refractivity contribution in [3.8, 4) is 0 Å². The number of nitrogens with one attached hydrogen (secondary N) is 1. The summed E-state index contributed by atoms with van der Waals surface area (Å²) in [6, 6.07) is 0.568. The van der Waals surface area contributed by atoms with E-state index in [2.05, 4.69) is 15.6 Å². The zero-order chi connectivity index (χ0) is 7.52. The quantitative estimate of drug-likeness (QED) is 0.625. The molecule has 1 N–H and O–H groups in total. The van der Waals surface area contributed by atoms with E-state index in [1.165, 1.54) is 12.8 Å². The highest BCUT2D eigenvalue weighted by Crippen LogP contribution is 2.15. The molecule has 0 radical (unpaired) electrons. The summed E-state index contributed by atoms with van der Waals surface area (Å²) < 4.78 is 1.96. The summed E-state index contributed by atoms with van der Waals surface area (Å²) in [5.74, 6) is 0. The molecule has 1 fully saturated rings. The van der Waals surface area contributed by atoms with Crippen LogP contribution in [0.1, 0.15) is 18.9 Å². The molecule has 0 saturated carbocycles. The van der Waals surface area contributed by atoms with Gasteiger partial charge in [0, 0.05) is 6.20 Å². The van der Waals surface area contributed by atoms with Gasteiger partial charge in [-0.15, -0.1) is 5.10 Å². The minimum Gasteiger partial charge on any atom is -0.317 e. The second-order valence-corrected chi connectivity index (χ2v) is 2.86. The predicted molar refractivity (Wildman–Crippen MR) is 41.2 cm³/mol. The fraction of sp³-hybridized carbons (Fsp3) is 0.714. The van der Waals surface area contributed by atoms with Gasteiger partial charge in [-0.1, -0.05) is 5.21 Å². The first-order valence-corrected chi connectivity index (χ1v) is 4.03. The smallest absolute Gasteiger partial charge is 0.0693 e. The summed E-state index contributed by atoms with van der Waals surface area (Å²) in [5.41, 5.74) is 0. The molecule has 0 bridgehead atoms. The molecule has 0 amide bonds. The van der Waals surface area contributed by atoms with Crippen molar-refractivity contribution in [2.45, 2.75) is 18.9 Å². The Balaban J connectivity index is 2.04. The van der Waals surface area contributed by atoms with Crippen molar-refractivity contribution in [2.24, 2.45) is 0 Å². The summed E-state index contributed by atoms with van der Waals surface area (Å²) in [4.78, 5) is 0. The van der Waals surface area contributed by atoms with E-state index in [1.54, 1.807) is 6.20 Å². The Morgan fingerprint density at radius 3 is 2.82 bits per heavy atom. The minimum absolute atomic E-state index is 0.568. The lowest BCUT2D eigenvalue weighted by Gasteiger charge is -2.21. The van der Waals surface area contributed by atoms with Crippen molar-refractivity contribution in [3.63, 3.8) is 0 Å². The molecule has 4 heteroatoms. The van der Waals surface area contributed by atoms with Crippen LogP contribution in [0.3, 0.4) is 0 Å². The zero-order valence-electron chi connectivity index (χ0n) is 6.40. The van der Waals surface area contributed by atoms with Crippen molar-refractivity contribution in [1.82, 2.24) is 20.3 Å². The second kappa shape index (κ2) is 3.00. The Morgan fingerprint density at radius 1 is 1.36 bits per heavy atom. The van der Waals surface area contributed by atoms with Gasteiger partial charge in [0.25, 0.3) is 0 Å². The molecule has 0 aromatic carbocycles. The van der Waals surface area contributed by atoms with Gasteiger partial charge in [-0.25, -0.2) is 4.68 Å². The second-order valence-electron chi connectivity index (χ2n) is 2.86. The van der Waals surface area contributed by atoms with Gasteiger partial charge in [0.15, 0.2) is 0 Å². The molecule has 1 aliphatic heterocycles. The van der Waals surface area contributed by atoms with E-state index in [0.717, 1.165) is 13.1 Å². The first kappa shape index (κ1) is 6.79. The topological polar surface area (TPSA) is 42.7 Å². The molecule has 0 spiro atoms. The largest absolute Gasteiger partial charge is 0.317 e. The Hall–Kier alpha value is -0.900. The molecule has 0 unspecified atom stereocenters. The molecule has 2 rings (SSSR count). The van der Waals surface area contributed by atoms with Crippen LogP contribution in [-0.2, 0) is 0 Å². The molecule has 2 heterocycles. The zero-order valence-corrected chi connectivity index (χ0v) is 6.40. The number of hydrogen-bond donors (Lipinski definition) is 1. The van der Waals surface area contributed by atoms with Crippen LogP contribution < -0.4 is 5.32 Å². The molecule has 1 aromatic rings. The van der Waals surface area contributed by atoms with E-state index >= 15 is 0 Å². The highest BCUT2D eigenvalue weighted by atomic mass is 15.4. The predicted octanol–water partition coefficient (Wildman–Crippen LogP) is 0.203. The SMILES string of the molecule is c1cn(C2CCNCC2)nn1. The Morgan fingerprint density at radius 2 is 2.18 bits per heavy atom. The van der Waals surface area contributed by atoms with Crippen molar-refractivity contribution >= 4 is 0 Å². The van der Waals surface area contributed by atoms with Gasteiger partial charge in [0.05, 0.1) is 12.2 Å². The lowest BCUT2D eigenvalue weighted by atomic mass is 10.1. The molecular formula is C7H12N4. The van der Waals surface area contributed by atoms with Crippen molar-refractivity contribution < 1.29 is 0 Å². The van der Waals surface area contributed by atoms with Crippen molar-refractivity contribution in [1.29, 1.82) is 0 Å². The van der Waals surface area contributed by atoms with E-state index in [-0.39, 0.29) is 0 Å². The highest BCUT2D eigenvalue weighted by Gasteiger charge is 2.14. The third-order valence-electron chi connectivity index (χ3n) is 2.12. The van der Waals surface area contributed by atoms with Gasteiger partial charge in [0.2, 0.25) is 0 Å². The van der Waals surface area contributed by atoms with Gasteiger partial charge in [-0.05, 0) is 25.9 Å². The summed E-state index contributed by atoms with van der Waals surface area (Å²) in [6.45, 7) is 2.20. The van der Waals surface area contributed by atoms with Gasteiger partial charge >= 0.3 is 0 Å². The Bertz CT molecular complexity index is 200. The first-order chi connectivity index (χ1) is 5.47. The number of piperidine rings is 1. The Kier molecular flexibility index (Phi) is 1.85. The number of rotatable bonds is 1. The molecule has 1 saturated heterocycles. The summed E-state index contributed by atoms with van der Waals surface area (Å²) in [7, 11) is 0. The summed E-state index contributed by atoms with van der Waals surface area (Å²) in [6.07, 6.45) is 6.02. The summed E-state index contributed by atoms with van der Waals surface area (Å²) in [5, 5.41) is 11.1.